The van der Waals surface area contributed by atoms with E-state index in [9.17, 15) is 13.2 Å². The second-order valence-corrected chi connectivity index (χ2v) is 6.40. The second kappa shape index (κ2) is 4.97. The van der Waals surface area contributed by atoms with Crippen LogP contribution in [0.2, 0.25) is 0 Å². The number of hydrogen-bond acceptors (Lipinski definition) is 3. The fourth-order valence-electron chi connectivity index (χ4n) is 1.70. The minimum Gasteiger partial charge on any atom is -0.480 e. The number of hydrogen-bond donors (Lipinski definition) is 2. The standard InChI is InChI=1S/C12H17NO4S/c1-7-5-8(2)11(9(3)6-7)13-18(16,17)10(4)12(14)15/h5-6,10,13H,1-4H3,(H,14,15). The summed E-state index contributed by atoms with van der Waals surface area (Å²) in [5, 5.41) is 7.27. The third-order valence-corrected chi connectivity index (χ3v) is 4.36. The molecule has 1 rings (SSSR count). The van der Waals surface area contributed by atoms with Crippen LogP contribution < -0.4 is 4.72 Å². The van der Waals surface area contributed by atoms with E-state index in [1.807, 2.05) is 19.1 Å². The minimum atomic E-state index is -3.92. The molecule has 0 fully saturated rings. The van der Waals surface area contributed by atoms with Gasteiger partial charge in [-0.3, -0.25) is 9.52 Å². The van der Waals surface area contributed by atoms with Crippen LogP contribution in [0.25, 0.3) is 0 Å². The van der Waals surface area contributed by atoms with Crippen molar-refractivity contribution in [1.29, 1.82) is 0 Å². The Morgan fingerprint density at radius 2 is 1.67 bits per heavy atom. The number of rotatable bonds is 4. The summed E-state index contributed by atoms with van der Waals surface area (Å²) in [5.74, 6) is -1.37. The van der Waals surface area contributed by atoms with Gasteiger partial charge in [0.2, 0.25) is 10.0 Å². The summed E-state index contributed by atoms with van der Waals surface area (Å²) < 4.78 is 26.0. The van der Waals surface area contributed by atoms with Gasteiger partial charge in [0.25, 0.3) is 0 Å². The van der Waals surface area contributed by atoms with Crippen molar-refractivity contribution in [3.05, 3.63) is 28.8 Å². The van der Waals surface area contributed by atoms with E-state index in [2.05, 4.69) is 4.72 Å². The number of nitrogens with one attached hydrogen (secondary N) is 1. The normalized spacial score (nSPS) is 13.1. The molecule has 0 radical (unpaired) electrons. The van der Waals surface area contributed by atoms with Gasteiger partial charge < -0.3 is 5.11 Å². The van der Waals surface area contributed by atoms with Gasteiger partial charge in [0.1, 0.15) is 0 Å². The van der Waals surface area contributed by atoms with E-state index >= 15 is 0 Å². The average molecular weight is 271 g/mol. The van der Waals surface area contributed by atoms with Crippen LogP contribution in [-0.4, -0.2) is 24.7 Å². The minimum absolute atomic E-state index is 0.453. The summed E-state index contributed by atoms with van der Waals surface area (Å²) >= 11 is 0. The lowest BCUT2D eigenvalue weighted by molar-refractivity contribution is -0.136. The fraction of sp³-hybridized carbons (Fsp3) is 0.417. The third-order valence-electron chi connectivity index (χ3n) is 2.73. The van der Waals surface area contributed by atoms with Crippen LogP contribution in [0.3, 0.4) is 0 Å². The average Bonchev–Trinajstić information content (AvgIpc) is 2.22. The quantitative estimate of drug-likeness (QED) is 0.875. The highest BCUT2D eigenvalue weighted by atomic mass is 32.2. The summed E-state index contributed by atoms with van der Waals surface area (Å²) in [7, 11) is -3.92. The molecule has 0 aliphatic heterocycles. The second-order valence-electron chi connectivity index (χ2n) is 4.40. The van der Waals surface area contributed by atoms with Crippen molar-refractivity contribution in [2.75, 3.05) is 4.72 Å². The zero-order valence-corrected chi connectivity index (χ0v) is 11.6. The molecule has 0 aromatic heterocycles. The summed E-state index contributed by atoms with van der Waals surface area (Å²) in [5.41, 5.74) is 3.02. The fourth-order valence-corrected chi connectivity index (χ4v) is 2.75. The van der Waals surface area contributed by atoms with E-state index < -0.39 is 21.2 Å². The highest BCUT2D eigenvalue weighted by Gasteiger charge is 2.28. The zero-order valence-electron chi connectivity index (χ0n) is 10.8. The van der Waals surface area contributed by atoms with Crippen LogP contribution in [0.1, 0.15) is 23.6 Å². The number of carboxylic acid groups (broad SMARTS) is 1. The highest BCUT2D eigenvalue weighted by Crippen LogP contribution is 2.23. The van der Waals surface area contributed by atoms with Crippen molar-refractivity contribution in [3.8, 4) is 0 Å². The Bertz CT molecular complexity index is 555. The molecule has 6 heteroatoms. The molecular weight excluding hydrogens is 254 g/mol. The predicted octanol–water partition coefficient (Wildman–Crippen LogP) is 1.83. The van der Waals surface area contributed by atoms with E-state index in [1.54, 1.807) is 13.8 Å². The van der Waals surface area contributed by atoms with Crippen LogP contribution in [0, 0.1) is 20.8 Å². The molecule has 1 unspecified atom stereocenters. The lowest BCUT2D eigenvalue weighted by atomic mass is 10.1. The molecule has 0 saturated carbocycles. The molecule has 0 saturated heterocycles. The molecule has 2 N–H and O–H groups in total. The number of sulfonamides is 1. The molecule has 1 aromatic carbocycles. The summed E-state index contributed by atoms with van der Waals surface area (Å²) in [4.78, 5) is 10.7. The van der Waals surface area contributed by atoms with E-state index in [0.717, 1.165) is 23.6 Å². The van der Waals surface area contributed by atoms with E-state index in [1.165, 1.54) is 0 Å². The number of aliphatic carboxylic acids is 1. The van der Waals surface area contributed by atoms with Crippen molar-refractivity contribution < 1.29 is 18.3 Å². The number of aryl methyl sites for hydroxylation is 3. The summed E-state index contributed by atoms with van der Waals surface area (Å²) in [6.45, 7) is 6.62. The number of benzene rings is 1. The maximum Gasteiger partial charge on any atom is 0.323 e. The first-order valence-electron chi connectivity index (χ1n) is 5.47. The van der Waals surface area contributed by atoms with Gasteiger partial charge in [0, 0.05) is 0 Å². The SMILES string of the molecule is Cc1cc(C)c(NS(=O)(=O)C(C)C(=O)O)c(C)c1. The lowest BCUT2D eigenvalue weighted by Crippen LogP contribution is -2.32. The number of anilines is 1. The van der Waals surface area contributed by atoms with Crippen molar-refractivity contribution in [2.24, 2.45) is 0 Å². The summed E-state index contributed by atoms with van der Waals surface area (Å²) in [6, 6.07) is 3.69. The van der Waals surface area contributed by atoms with Crippen LogP contribution in [0.5, 0.6) is 0 Å². The smallest absolute Gasteiger partial charge is 0.323 e. The van der Waals surface area contributed by atoms with Gasteiger partial charge in [-0.1, -0.05) is 17.7 Å². The maximum atomic E-state index is 11.8. The molecule has 0 spiro atoms. The lowest BCUT2D eigenvalue weighted by Gasteiger charge is -2.16. The molecule has 0 aliphatic rings. The Balaban J connectivity index is 3.17. The number of carboxylic acids is 1. The Morgan fingerprint density at radius 3 is 2.06 bits per heavy atom. The molecule has 0 bridgehead atoms. The molecule has 0 aliphatic carbocycles. The van der Waals surface area contributed by atoms with Gasteiger partial charge >= 0.3 is 5.97 Å². The Morgan fingerprint density at radius 1 is 1.22 bits per heavy atom. The van der Waals surface area contributed by atoms with Gasteiger partial charge in [-0.25, -0.2) is 8.42 Å². The molecule has 1 aromatic rings. The molecule has 5 nitrogen and oxygen atoms in total. The molecule has 100 valence electrons. The molecule has 0 amide bonds. The molecule has 18 heavy (non-hydrogen) atoms. The van der Waals surface area contributed by atoms with Crippen LogP contribution in [-0.2, 0) is 14.8 Å². The van der Waals surface area contributed by atoms with E-state index in [0.29, 0.717) is 5.69 Å². The van der Waals surface area contributed by atoms with Gasteiger partial charge in [-0.15, -0.1) is 0 Å². The molecule has 1 atom stereocenters. The van der Waals surface area contributed by atoms with Crippen LogP contribution in [0.4, 0.5) is 5.69 Å². The Hall–Kier alpha value is -1.56. The zero-order chi connectivity index (χ0) is 14.1. The Kier molecular flexibility index (Phi) is 4.01. The molecule has 0 heterocycles. The highest BCUT2D eigenvalue weighted by molar-refractivity contribution is 7.94. The van der Waals surface area contributed by atoms with Crippen molar-refractivity contribution >= 4 is 21.7 Å². The first kappa shape index (κ1) is 14.5. The topological polar surface area (TPSA) is 83.5 Å². The summed E-state index contributed by atoms with van der Waals surface area (Å²) in [6.07, 6.45) is 0. The van der Waals surface area contributed by atoms with Crippen LogP contribution >= 0.6 is 0 Å². The maximum absolute atomic E-state index is 11.8. The van der Waals surface area contributed by atoms with Crippen molar-refractivity contribution in [1.82, 2.24) is 0 Å². The van der Waals surface area contributed by atoms with Gasteiger partial charge in [0.15, 0.2) is 5.25 Å². The van der Waals surface area contributed by atoms with E-state index in [-0.39, 0.29) is 0 Å². The van der Waals surface area contributed by atoms with Crippen molar-refractivity contribution in [3.63, 3.8) is 0 Å². The van der Waals surface area contributed by atoms with E-state index in [4.69, 9.17) is 5.11 Å². The number of carbonyl (C=O) groups is 1. The largest absolute Gasteiger partial charge is 0.480 e. The first-order chi connectivity index (χ1) is 8.15. The van der Waals surface area contributed by atoms with Crippen molar-refractivity contribution in [2.45, 2.75) is 32.9 Å². The van der Waals surface area contributed by atoms with Gasteiger partial charge in [-0.05, 0) is 38.8 Å². The first-order valence-corrected chi connectivity index (χ1v) is 7.02. The van der Waals surface area contributed by atoms with Gasteiger partial charge in [0.05, 0.1) is 5.69 Å². The third kappa shape index (κ3) is 3.01. The van der Waals surface area contributed by atoms with Gasteiger partial charge in [-0.2, -0.15) is 0 Å². The monoisotopic (exact) mass is 271 g/mol. The Labute approximate surface area is 107 Å². The van der Waals surface area contributed by atoms with Crippen LogP contribution in [0.15, 0.2) is 12.1 Å². The predicted molar refractivity (Wildman–Crippen MR) is 70.3 cm³/mol. The molecular formula is C12H17NO4S.